The van der Waals surface area contributed by atoms with E-state index in [4.69, 9.17) is 9.47 Å². The summed E-state index contributed by atoms with van der Waals surface area (Å²) in [6.07, 6.45) is 13.2. The van der Waals surface area contributed by atoms with E-state index in [1.54, 1.807) is 0 Å². The topological polar surface area (TPSA) is 79.2 Å². The Labute approximate surface area is 153 Å². The Hall–Kier alpha value is -0.460. The first-order valence-electron chi connectivity index (χ1n) is 10.0. The standard InChI is InChI=1S/C20H38O5/c1-2-3-4-5-6-7-8-9-10-11-12-13-14-24-15-18(22)20-19(23)17(21)16-25-20/h6-7,17-23H,2-5,8-16H2,1H3/b7-6+/t17-,18+,19+,20+/m0/s1. The van der Waals surface area contributed by atoms with Crippen LogP contribution < -0.4 is 0 Å². The van der Waals surface area contributed by atoms with Gasteiger partial charge in [-0.05, 0) is 32.1 Å². The lowest BCUT2D eigenvalue weighted by atomic mass is 10.1. The number of hydrogen-bond acceptors (Lipinski definition) is 5. The van der Waals surface area contributed by atoms with Crippen molar-refractivity contribution in [1.82, 2.24) is 0 Å². The highest BCUT2D eigenvalue weighted by molar-refractivity contribution is 4.87. The maximum atomic E-state index is 9.90. The fourth-order valence-electron chi connectivity index (χ4n) is 3.01. The van der Waals surface area contributed by atoms with E-state index in [2.05, 4.69) is 19.1 Å². The molecule has 0 radical (unpaired) electrons. The second kappa shape index (κ2) is 14.7. The van der Waals surface area contributed by atoms with Crippen molar-refractivity contribution < 1.29 is 24.8 Å². The van der Waals surface area contributed by atoms with E-state index in [1.807, 2.05) is 0 Å². The predicted molar refractivity (Wildman–Crippen MR) is 99.6 cm³/mol. The number of aliphatic hydroxyl groups excluding tert-OH is 3. The van der Waals surface area contributed by atoms with Crippen LogP contribution in [0.1, 0.15) is 71.1 Å². The van der Waals surface area contributed by atoms with Gasteiger partial charge in [0.05, 0.1) is 13.2 Å². The Bertz CT molecular complexity index is 334. The second-order valence-electron chi connectivity index (χ2n) is 7.02. The summed E-state index contributed by atoms with van der Waals surface area (Å²) in [6, 6.07) is 0. The minimum atomic E-state index is -1.03. The van der Waals surface area contributed by atoms with Crippen LogP contribution in [0.5, 0.6) is 0 Å². The van der Waals surface area contributed by atoms with Crippen LogP contribution in [0.25, 0.3) is 0 Å². The average molecular weight is 359 g/mol. The molecule has 0 bridgehead atoms. The lowest BCUT2D eigenvalue weighted by Gasteiger charge is -2.20. The van der Waals surface area contributed by atoms with Crippen molar-refractivity contribution in [3.8, 4) is 0 Å². The van der Waals surface area contributed by atoms with Gasteiger partial charge in [-0.25, -0.2) is 0 Å². The SMILES string of the molecule is CCCCC/C=C/CCCCCCCOC[C@@H](O)[C@H]1OC[C@H](O)[C@H]1O. The molecule has 0 unspecified atom stereocenters. The van der Waals surface area contributed by atoms with Crippen molar-refractivity contribution in [2.45, 2.75) is 95.5 Å². The number of rotatable bonds is 15. The summed E-state index contributed by atoms with van der Waals surface area (Å²) in [5.41, 5.74) is 0. The molecule has 0 aromatic rings. The molecule has 1 rings (SSSR count). The van der Waals surface area contributed by atoms with Crippen LogP contribution in [0.4, 0.5) is 0 Å². The highest BCUT2D eigenvalue weighted by atomic mass is 16.5. The van der Waals surface area contributed by atoms with Gasteiger partial charge in [0, 0.05) is 6.61 Å². The van der Waals surface area contributed by atoms with Gasteiger partial charge in [-0.2, -0.15) is 0 Å². The van der Waals surface area contributed by atoms with E-state index in [0.717, 1.165) is 12.8 Å². The van der Waals surface area contributed by atoms with Crippen LogP contribution in [-0.2, 0) is 9.47 Å². The second-order valence-corrected chi connectivity index (χ2v) is 7.02. The van der Waals surface area contributed by atoms with Gasteiger partial charge in [0.25, 0.3) is 0 Å². The Morgan fingerprint density at radius 1 is 1.00 bits per heavy atom. The summed E-state index contributed by atoms with van der Waals surface area (Å²) >= 11 is 0. The van der Waals surface area contributed by atoms with Crippen molar-refractivity contribution in [3.63, 3.8) is 0 Å². The minimum Gasteiger partial charge on any atom is -0.388 e. The molecular weight excluding hydrogens is 320 g/mol. The molecular formula is C20H38O5. The van der Waals surface area contributed by atoms with E-state index in [-0.39, 0.29) is 13.2 Å². The molecule has 0 aromatic carbocycles. The molecule has 0 aromatic heterocycles. The van der Waals surface area contributed by atoms with Crippen molar-refractivity contribution in [2.24, 2.45) is 0 Å². The zero-order valence-electron chi connectivity index (χ0n) is 15.8. The van der Waals surface area contributed by atoms with Crippen LogP contribution in [0.15, 0.2) is 12.2 Å². The zero-order chi connectivity index (χ0) is 18.3. The summed E-state index contributed by atoms with van der Waals surface area (Å²) in [5, 5.41) is 28.9. The van der Waals surface area contributed by atoms with E-state index in [9.17, 15) is 15.3 Å². The number of unbranched alkanes of at least 4 members (excludes halogenated alkanes) is 8. The maximum absolute atomic E-state index is 9.90. The van der Waals surface area contributed by atoms with E-state index >= 15 is 0 Å². The number of aliphatic hydroxyl groups is 3. The van der Waals surface area contributed by atoms with E-state index < -0.39 is 24.4 Å². The predicted octanol–water partition coefficient (Wildman–Crippen LogP) is 2.96. The smallest absolute Gasteiger partial charge is 0.114 e. The summed E-state index contributed by atoms with van der Waals surface area (Å²) in [4.78, 5) is 0. The van der Waals surface area contributed by atoms with Gasteiger partial charge >= 0.3 is 0 Å². The van der Waals surface area contributed by atoms with Crippen molar-refractivity contribution in [2.75, 3.05) is 19.8 Å². The Morgan fingerprint density at radius 2 is 1.64 bits per heavy atom. The van der Waals surface area contributed by atoms with Gasteiger partial charge in [-0.3, -0.25) is 0 Å². The average Bonchev–Trinajstić information content (AvgIpc) is 2.94. The molecule has 1 heterocycles. The molecule has 0 saturated carbocycles. The lowest BCUT2D eigenvalue weighted by molar-refractivity contribution is -0.0813. The molecule has 1 aliphatic rings. The monoisotopic (exact) mass is 358 g/mol. The van der Waals surface area contributed by atoms with Gasteiger partial charge in [-0.15, -0.1) is 0 Å². The summed E-state index contributed by atoms with van der Waals surface area (Å²) in [7, 11) is 0. The van der Waals surface area contributed by atoms with Gasteiger partial charge in [0.15, 0.2) is 0 Å². The number of hydrogen-bond donors (Lipinski definition) is 3. The van der Waals surface area contributed by atoms with E-state index in [1.165, 1.54) is 51.4 Å². The van der Waals surface area contributed by atoms with Crippen molar-refractivity contribution in [3.05, 3.63) is 12.2 Å². The normalized spacial score (nSPS) is 25.0. The quantitative estimate of drug-likeness (QED) is 0.310. The fourth-order valence-corrected chi connectivity index (χ4v) is 3.01. The van der Waals surface area contributed by atoms with Crippen molar-refractivity contribution in [1.29, 1.82) is 0 Å². The maximum Gasteiger partial charge on any atom is 0.114 e. The van der Waals surface area contributed by atoms with Crippen LogP contribution in [-0.4, -0.2) is 59.6 Å². The number of ether oxygens (including phenoxy) is 2. The third-order valence-corrected chi connectivity index (χ3v) is 4.66. The van der Waals surface area contributed by atoms with Gasteiger partial charge in [0.2, 0.25) is 0 Å². The Morgan fingerprint density at radius 3 is 2.28 bits per heavy atom. The molecule has 5 nitrogen and oxygen atoms in total. The molecule has 148 valence electrons. The lowest BCUT2D eigenvalue weighted by Crippen LogP contribution is -2.40. The zero-order valence-corrected chi connectivity index (χ0v) is 15.8. The van der Waals surface area contributed by atoms with Gasteiger partial charge in [-0.1, -0.05) is 51.2 Å². The highest BCUT2D eigenvalue weighted by Gasteiger charge is 2.39. The molecule has 0 spiro atoms. The minimum absolute atomic E-state index is 0.0663. The number of allylic oxidation sites excluding steroid dienone is 2. The molecule has 5 heteroatoms. The summed E-state index contributed by atoms with van der Waals surface area (Å²) in [5.74, 6) is 0. The molecule has 0 aliphatic carbocycles. The third-order valence-electron chi connectivity index (χ3n) is 4.66. The third kappa shape index (κ3) is 10.3. The van der Waals surface area contributed by atoms with Crippen LogP contribution in [0.3, 0.4) is 0 Å². The largest absolute Gasteiger partial charge is 0.388 e. The highest BCUT2D eigenvalue weighted by Crippen LogP contribution is 2.18. The molecule has 1 fully saturated rings. The van der Waals surface area contributed by atoms with Gasteiger partial charge < -0.3 is 24.8 Å². The Kier molecular flexibility index (Phi) is 13.3. The molecule has 4 atom stereocenters. The van der Waals surface area contributed by atoms with Crippen LogP contribution in [0.2, 0.25) is 0 Å². The molecule has 0 amide bonds. The molecule has 1 aliphatic heterocycles. The first kappa shape index (κ1) is 22.6. The fraction of sp³-hybridized carbons (Fsp3) is 0.900. The molecule has 25 heavy (non-hydrogen) atoms. The Balaban J connectivity index is 1.84. The van der Waals surface area contributed by atoms with Crippen LogP contribution >= 0.6 is 0 Å². The molecule has 3 N–H and O–H groups in total. The van der Waals surface area contributed by atoms with Gasteiger partial charge in [0.1, 0.15) is 24.4 Å². The van der Waals surface area contributed by atoms with E-state index in [0.29, 0.717) is 6.61 Å². The van der Waals surface area contributed by atoms with Crippen molar-refractivity contribution >= 4 is 0 Å². The summed E-state index contributed by atoms with van der Waals surface area (Å²) < 4.78 is 10.6. The first-order valence-corrected chi connectivity index (χ1v) is 10.0. The first-order chi connectivity index (χ1) is 12.2. The molecule has 1 saturated heterocycles. The van der Waals surface area contributed by atoms with Crippen LogP contribution in [0, 0.1) is 0 Å². The summed E-state index contributed by atoms with van der Waals surface area (Å²) in [6.45, 7) is 3.05.